The average molecular weight is 199 g/mol. The molecular weight excluding hydrogens is 178 g/mol. The van der Waals surface area contributed by atoms with Gasteiger partial charge < -0.3 is 0 Å². The highest BCUT2D eigenvalue weighted by atomic mass is 16.2. The number of amides is 1. The first-order chi connectivity index (χ1) is 6.39. The van der Waals surface area contributed by atoms with Crippen LogP contribution >= 0.6 is 0 Å². The van der Waals surface area contributed by atoms with Crippen LogP contribution in [0.4, 0.5) is 0 Å². The zero-order valence-electron chi connectivity index (χ0n) is 9.63. The van der Waals surface area contributed by atoms with Gasteiger partial charge in [0.2, 0.25) is 5.91 Å². The topological polar surface area (TPSA) is 35.6 Å². The van der Waals surface area contributed by atoms with Crippen molar-refractivity contribution in [2.45, 2.75) is 33.2 Å². The van der Waals surface area contributed by atoms with Crippen LogP contribution in [-0.2, 0) is 4.79 Å². The van der Waals surface area contributed by atoms with Gasteiger partial charge in [-0.2, -0.15) is 0 Å². The normalized spacial score (nSPS) is 20.9. The second kappa shape index (κ2) is 4.28. The Morgan fingerprint density at radius 1 is 1.14 bits per heavy atom. The molecule has 1 aliphatic heterocycles. The van der Waals surface area contributed by atoms with E-state index in [1.54, 1.807) is 6.92 Å². The molecule has 1 saturated heterocycles. The van der Waals surface area contributed by atoms with E-state index < -0.39 is 0 Å². The summed E-state index contributed by atoms with van der Waals surface area (Å²) < 4.78 is 0. The first kappa shape index (κ1) is 11.5. The molecule has 0 spiro atoms. The number of piperazine rings is 1. The largest absolute Gasteiger partial charge is 0.296 e. The van der Waals surface area contributed by atoms with E-state index in [-0.39, 0.29) is 11.4 Å². The molecule has 4 nitrogen and oxygen atoms in total. The number of hydrogen-bond acceptors (Lipinski definition) is 3. The minimum absolute atomic E-state index is 0.0224. The Kier molecular flexibility index (Phi) is 3.50. The summed E-state index contributed by atoms with van der Waals surface area (Å²) >= 11 is 0. The molecule has 1 aliphatic rings. The van der Waals surface area contributed by atoms with Crippen LogP contribution in [0.3, 0.4) is 0 Å². The molecule has 0 saturated carbocycles. The standard InChI is InChI=1S/C10H21N3O/c1-9(14)11-13-7-5-12(6-8-13)10(2,3)4/h5-8H2,1-4H3,(H,11,14). The van der Waals surface area contributed by atoms with Crippen molar-refractivity contribution in [3.05, 3.63) is 0 Å². The summed E-state index contributed by atoms with van der Waals surface area (Å²) in [6.07, 6.45) is 0. The van der Waals surface area contributed by atoms with Crippen molar-refractivity contribution in [3.63, 3.8) is 0 Å². The number of nitrogens with one attached hydrogen (secondary N) is 1. The van der Waals surface area contributed by atoms with Gasteiger partial charge in [0.05, 0.1) is 0 Å². The Labute approximate surface area is 86.2 Å². The van der Waals surface area contributed by atoms with E-state index in [4.69, 9.17) is 0 Å². The highest BCUT2D eigenvalue weighted by Crippen LogP contribution is 2.14. The van der Waals surface area contributed by atoms with Gasteiger partial charge in [-0.25, -0.2) is 5.01 Å². The van der Waals surface area contributed by atoms with Crippen LogP contribution in [0.2, 0.25) is 0 Å². The van der Waals surface area contributed by atoms with Crippen LogP contribution in [0.15, 0.2) is 0 Å². The van der Waals surface area contributed by atoms with Crippen molar-refractivity contribution in [2.75, 3.05) is 26.2 Å². The summed E-state index contributed by atoms with van der Waals surface area (Å²) in [7, 11) is 0. The van der Waals surface area contributed by atoms with Crippen molar-refractivity contribution in [2.24, 2.45) is 0 Å². The van der Waals surface area contributed by atoms with Gasteiger partial charge in [-0.05, 0) is 20.8 Å². The maximum atomic E-state index is 10.8. The molecule has 1 amide bonds. The molecule has 1 rings (SSSR count). The molecule has 14 heavy (non-hydrogen) atoms. The SMILES string of the molecule is CC(=O)NN1CCN(C(C)(C)C)CC1. The lowest BCUT2D eigenvalue weighted by Gasteiger charge is -2.42. The molecule has 1 N–H and O–H groups in total. The third-order valence-corrected chi connectivity index (χ3v) is 2.54. The van der Waals surface area contributed by atoms with Crippen LogP contribution in [0.1, 0.15) is 27.7 Å². The Morgan fingerprint density at radius 2 is 1.64 bits per heavy atom. The van der Waals surface area contributed by atoms with Gasteiger partial charge in [0, 0.05) is 38.6 Å². The van der Waals surface area contributed by atoms with Crippen molar-refractivity contribution in [1.82, 2.24) is 15.3 Å². The number of carbonyl (C=O) groups is 1. The molecule has 0 aliphatic carbocycles. The van der Waals surface area contributed by atoms with Gasteiger partial charge in [0.1, 0.15) is 0 Å². The highest BCUT2D eigenvalue weighted by Gasteiger charge is 2.25. The summed E-state index contributed by atoms with van der Waals surface area (Å²) in [5.41, 5.74) is 3.06. The van der Waals surface area contributed by atoms with Gasteiger partial charge in [0.15, 0.2) is 0 Å². The van der Waals surface area contributed by atoms with E-state index >= 15 is 0 Å². The lowest BCUT2D eigenvalue weighted by Crippen LogP contribution is -2.57. The second-order valence-electron chi connectivity index (χ2n) is 4.81. The highest BCUT2D eigenvalue weighted by molar-refractivity contribution is 5.72. The molecule has 82 valence electrons. The Balaban J connectivity index is 2.35. The van der Waals surface area contributed by atoms with Gasteiger partial charge in [-0.15, -0.1) is 0 Å². The van der Waals surface area contributed by atoms with Crippen molar-refractivity contribution >= 4 is 5.91 Å². The molecule has 0 atom stereocenters. The lowest BCUT2D eigenvalue weighted by atomic mass is 10.1. The van der Waals surface area contributed by atoms with Crippen LogP contribution in [0.5, 0.6) is 0 Å². The predicted molar refractivity (Wildman–Crippen MR) is 56.7 cm³/mol. The van der Waals surface area contributed by atoms with Crippen LogP contribution in [-0.4, -0.2) is 47.5 Å². The Bertz CT molecular complexity index is 202. The van der Waals surface area contributed by atoms with Crippen molar-refractivity contribution in [1.29, 1.82) is 0 Å². The fraction of sp³-hybridized carbons (Fsp3) is 0.900. The third-order valence-electron chi connectivity index (χ3n) is 2.54. The van der Waals surface area contributed by atoms with Crippen LogP contribution in [0, 0.1) is 0 Å². The molecule has 0 aromatic heterocycles. The molecule has 0 radical (unpaired) electrons. The van der Waals surface area contributed by atoms with Crippen LogP contribution < -0.4 is 5.43 Å². The Hall–Kier alpha value is -0.610. The van der Waals surface area contributed by atoms with E-state index in [1.807, 2.05) is 5.01 Å². The number of rotatable bonds is 1. The van der Waals surface area contributed by atoms with E-state index in [2.05, 4.69) is 31.1 Å². The first-order valence-electron chi connectivity index (χ1n) is 5.17. The summed E-state index contributed by atoms with van der Waals surface area (Å²) in [4.78, 5) is 13.3. The molecule has 1 heterocycles. The fourth-order valence-electron chi connectivity index (χ4n) is 1.71. The summed E-state index contributed by atoms with van der Waals surface area (Å²) in [6.45, 7) is 12.1. The summed E-state index contributed by atoms with van der Waals surface area (Å²) in [5.74, 6) is 0.0224. The third kappa shape index (κ3) is 3.27. The quantitative estimate of drug-likeness (QED) is 0.666. The monoisotopic (exact) mass is 199 g/mol. The predicted octanol–water partition coefficient (Wildman–Crippen LogP) is 0.454. The molecule has 0 unspecified atom stereocenters. The van der Waals surface area contributed by atoms with E-state index in [0.717, 1.165) is 26.2 Å². The summed E-state index contributed by atoms with van der Waals surface area (Å²) in [6, 6.07) is 0. The van der Waals surface area contributed by atoms with Gasteiger partial charge in [-0.1, -0.05) is 0 Å². The maximum Gasteiger partial charge on any atom is 0.231 e. The van der Waals surface area contributed by atoms with Crippen molar-refractivity contribution < 1.29 is 4.79 Å². The van der Waals surface area contributed by atoms with Crippen LogP contribution in [0.25, 0.3) is 0 Å². The minimum Gasteiger partial charge on any atom is -0.296 e. The van der Waals surface area contributed by atoms with E-state index in [1.165, 1.54) is 0 Å². The zero-order chi connectivity index (χ0) is 10.8. The maximum absolute atomic E-state index is 10.8. The molecule has 1 fully saturated rings. The molecule has 0 aromatic carbocycles. The van der Waals surface area contributed by atoms with E-state index in [9.17, 15) is 4.79 Å². The molecule has 0 aromatic rings. The number of carbonyl (C=O) groups excluding carboxylic acids is 1. The van der Waals surface area contributed by atoms with Gasteiger partial charge in [-0.3, -0.25) is 15.1 Å². The number of hydrazine groups is 1. The van der Waals surface area contributed by atoms with Gasteiger partial charge in [0.25, 0.3) is 0 Å². The van der Waals surface area contributed by atoms with E-state index in [0.29, 0.717) is 0 Å². The average Bonchev–Trinajstić information content (AvgIpc) is 2.02. The smallest absolute Gasteiger partial charge is 0.231 e. The fourth-order valence-corrected chi connectivity index (χ4v) is 1.71. The molecule has 4 heteroatoms. The lowest BCUT2D eigenvalue weighted by molar-refractivity contribution is -0.124. The van der Waals surface area contributed by atoms with Crippen molar-refractivity contribution in [3.8, 4) is 0 Å². The first-order valence-corrected chi connectivity index (χ1v) is 5.17. The number of nitrogens with zero attached hydrogens (tertiary/aromatic N) is 2. The molecule has 0 bridgehead atoms. The Morgan fingerprint density at radius 3 is 2.00 bits per heavy atom. The summed E-state index contributed by atoms with van der Waals surface area (Å²) in [5, 5.41) is 1.99. The van der Waals surface area contributed by atoms with Gasteiger partial charge >= 0.3 is 0 Å². The number of hydrogen-bond donors (Lipinski definition) is 1. The minimum atomic E-state index is 0.0224. The second-order valence-corrected chi connectivity index (χ2v) is 4.81. The zero-order valence-corrected chi connectivity index (χ0v) is 9.63. The molecular formula is C10H21N3O.